The predicted molar refractivity (Wildman–Crippen MR) is 123 cm³/mol. The van der Waals surface area contributed by atoms with Gasteiger partial charge in [0, 0.05) is 37.4 Å². The van der Waals surface area contributed by atoms with Crippen molar-refractivity contribution >= 4 is 22.1 Å². The summed E-state index contributed by atoms with van der Waals surface area (Å²) in [6, 6.07) is 0.511. The van der Waals surface area contributed by atoms with Gasteiger partial charge in [-0.2, -0.15) is 21.6 Å². The molecule has 1 fully saturated rings. The normalized spacial score (nSPS) is 23.7. The Morgan fingerprint density at radius 2 is 1.94 bits per heavy atom. The molecule has 0 bridgehead atoms. The van der Waals surface area contributed by atoms with Crippen molar-refractivity contribution in [1.82, 2.24) is 15.2 Å². The van der Waals surface area contributed by atoms with E-state index in [9.17, 15) is 31.2 Å². The van der Waals surface area contributed by atoms with Crippen molar-refractivity contribution in [3.05, 3.63) is 29.1 Å². The van der Waals surface area contributed by atoms with Crippen molar-refractivity contribution in [2.75, 3.05) is 12.8 Å². The van der Waals surface area contributed by atoms with Gasteiger partial charge in [0.15, 0.2) is 0 Å². The number of hydrogen-bond acceptors (Lipinski definition) is 7. The van der Waals surface area contributed by atoms with E-state index >= 15 is 0 Å². The summed E-state index contributed by atoms with van der Waals surface area (Å²) in [7, 11) is -3.92. The Balaban J connectivity index is 1.86. The van der Waals surface area contributed by atoms with Crippen LogP contribution in [0.5, 0.6) is 0 Å². The van der Waals surface area contributed by atoms with Crippen LogP contribution < -0.4 is 5.32 Å². The summed E-state index contributed by atoms with van der Waals surface area (Å²) in [5.41, 5.74) is -2.17. The van der Waals surface area contributed by atoms with E-state index in [1.165, 1.54) is 11.8 Å². The molecule has 2 amide bonds. The smallest absolute Gasteiger partial charge is 0.417 e. The van der Waals surface area contributed by atoms with Crippen molar-refractivity contribution in [2.24, 2.45) is 5.41 Å². The third-order valence-electron chi connectivity index (χ3n) is 6.45. The number of nitrogens with zero attached hydrogens (tertiary/aromatic N) is 2. The molecular formula is C23H32F3N3O6S. The second-order valence-corrected chi connectivity index (χ2v) is 12.1. The highest BCUT2D eigenvalue weighted by molar-refractivity contribution is 7.86. The number of alkyl carbamates (subject to hydrolysis) is 1. The predicted octanol–water partition coefficient (Wildman–Crippen LogP) is 3.41. The minimum Gasteiger partial charge on any atom is -0.444 e. The number of carbonyl (C=O) groups excluding carboxylic acids is 2. The van der Waals surface area contributed by atoms with Crippen LogP contribution in [0.25, 0.3) is 0 Å². The summed E-state index contributed by atoms with van der Waals surface area (Å²) >= 11 is 0. The molecule has 13 heteroatoms. The van der Waals surface area contributed by atoms with Gasteiger partial charge in [0.2, 0.25) is 5.91 Å². The number of aromatic nitrogens is 1. The second-order valence-electron chi connectivity index (χ2n) is 10.5. The van der Waals surface area contributed by atoms with Crippen LogP contribution in [0, 0.1) is 5.41 Å². The topological polar surface area (TPSA) is 115 Å². The lowest BCUT2D eigenvalue weighted by molar-refractivity contribution is -0.148. The van der Waals surface area contributed by atoms with Gasteiger partial charge in [0.05, 0.1) is 23.3 Å². The van der Waals surface area contributed by atoms with E-state index in [-0.39, 0.29) is 37.9 Å². The maximum Gasteiger partial charge on any atom is 0.417 e. The van der Waals surface area contributed by atoms with E-state index in [0.29, 0.717) is 12.1 Å². The first kappa shape index (κ1) is 28.2. The molecular weight excluding hydrogens is 503 g/mol. The number of rotatable bonds is 5. The number of pyridine rings is 1. The van der Waals surface area contributed by atoms with Crippen molar-refractivity contribution in [3.8, 4) is 0 Å². The molecule has 1 unspecified atom stereocenters. The Morgan fingerprint density at radius 1 is 1.28 bits per heavy atom. The number of ether oxygens (including phenoxy) is 1. The molecule has 1 aliphatic heterocycles. The molecule has 1 N–H and O–H groups in total. The Kier molecular flexibility index (Phi) is 7.67. The minimum atomic E-state index is -4.57. The quantitative estimate of drug-likeness (QED) is 0.575. The van der Waals surface area contributed by atoms with Crippen LogP contribution in [0.2, 0.25) is 0 Å². The zero-order chi connectivity index (χ0) is 27.1. The van der Waals surface area contributed by atoms with Crippen molar-refractivity contribution in [3.63, 3.8) is 0 Å². The summed E-state index contributed by atoms with van der Waals surface area (Å²) in [4.78, 5) is 31.5. The van der Waals surface area contributed by atoms with E-state index in [0.717, 1.165) is 18.5 Å². The Morgan fingerprint density at radius 3 is 2.53 bits per heavy atom. The van der Waals surface area contributed by atoms with E-state index in [1.54, 1.807) is 20.8 Å². The number of alkyl halides is 3. The zero-order valence-electron chi connectivity index (χ0n) is 20.9. The van der Waals surface area contributed by atoms with Crippen LogP contribution in [-0.2, 0) is 43.0 Å². The highest BCUT2D eigenvalue weighted by Crippen LogP contribution is 2.45. The summed E-state index contributed by atoms with van der Waals surface area (Å²) in [6.07, 6.45) is -3.70. The number of carbonyl (C=O) groups is 2. The molecule has 202 valence electrons. The average molecular weight is 536 g/mol. The van der Waals surface area contributed by atoms with E-state index < -0.39 is 57.0 Å². The van der Waals surface area contributed by atoms with Crippen molar-refractivity contribution < 1.29 is 40.1 Å². The second kappa shape index (κ2) is 9.81. The first-order chi connectivity index (χ1) is 16.4. The van der Waals surface area contributed by atoms with Gasteiger partial charge in [0.25, 0.3) is 10.1 Å². The standard InChI is InChI=1S/C23H32F3N3O6S/c1-14(35-36(5,32)33)22(8-6-17(11-22)28-20(31)34-21(2,3)4)19(30)29-9-7-18-15(13-29)10-16(12-27-18)23(24,25)26/h10,12,14,17H,6-9,11,13H2,1-5H3,(H,28,31)/t14?,17-,22+/m1/s1. The number of amides is 2. The van der Waals surface area contributed by atoms with Gasteiger partial charge in [0.1, 0.15) is 5.60 Å². The van der Waals surface area contributed by atoms with E-state index in [2.05, 4.69) is 10.3 Å². The van der Waals surface area contributed by atoms with E-state index in [4.69, 9.17) is 8.92 Å². The summed E-state index contributed by atoms with van der Waals surface area (Å²) in [6.45, 7) is 6.74. The lowest BCUT2D eigenvalue weighted by atomic mass is 9.78. The first-order valence-electron chi connectivity index (χ1n) is 11.6. The molecule has 1 aromatic heterocycles. The lowest BCUT2D eigenvalue weighted by Gasteiger charge is -2.39. The van der Waals surface area contributed by atoms with Gasteiger partial charge < -0.3 is 15.0 Å². The van der Waals surface area contributed by atoms with Gasteiger partial charge >= 0.3 is 12.3 Å². The fourth-order valence-electron chi connectivity index (χ4n) is 4.83. The third-order valence-corrected chi connectivity index (χ3v) is 7.09. The molecule has 1 saturated carbocycles. The van der Waals surface area contributed by atoms with Crippen molar-refractivity contribution in [2.45, 2.75) is 83.8 Å². The van der Waals surface area contributed by atoms with Crippen LogP contribution >= 0.6 is 0 Å². The van der Waals surface area contributed by atoms with Gasteiger partial charge in [-0.3, -0.25) is 14.0 Å². The molecule has 9 nitrogen and oxygen atoms in total. The zero-order valence-corrected chi connectivity index (χ0v) is 21.8. The first-order valence-corrected chi connectivity index (χ1v) is 13.4. The van der Waals surface area contributed by atoms with Gasteiger partial charge in [-0.1, -0.05) is 0 Å². The summed E-state index contributed by atoms with van der Waals surface area (Å²) < 4.78 is 73.9. The average Bonchev–Trinajstić information content (AvgIpc) is 3.14. The maximum atomic E-state index is 13.9. The van der Waals surface area contributed by atoms with Gasteiger partial charge in [-0.05, 0) is 58.6 Å². The minimum absolute atomic E-state index is 0.0892. The molecule has 3 atom stereocenters. The molecule has 0 spiro atoms. The van der Waals surface area contributed by atoms with E-state index in [1.807, 2.05) is 0 Å². The number of nitrogens with one attached hydrogen (secondary N) is 1. The summed E-state index contributed by atoms with van der Waals surface area (Å²) in [5.74, 6) is -0.435. The van der Waals surface area contributed by atoms with Crippen LogP contribution in [0.3, 0.4) is 0 Å². The van der Waals surface area contributed by atoms with Crippen LogP contribution in [0.1, 0.15) is 63.8 Å². The van der Waals surface area contributed by atoms with Crippen molar-refractivity contribution in [1.29, 1.82) is 0 Å². The molecule has 0 aromatic carbocycles. The van der Waals surface area contributed by atoms with Gasteiger partial charge in [-0.15, -0.1) is 0 Å². The molecule has 3 rings (SSSR count). The highest BCUT2D eigenvalue weighted by atomic mass is 32.2. The number of halogens is 3. The number of fused-ring (bicyclic) bond motifs is 1. The summed E-state index contributed by atoms with van der Waals surface area (Å²) in [5, 5.41) is 2.73. The molecule has 1 aliphatic carbocycles. The monoisotopic (exact) mass is 535 g/mol. The lowest BCUT2D eigenvalue weighted by Crippen LogP contribution is -2.51. The maximum absolute atomic E-state index is 13.9. The molecule has 0 radical (unpaired) electrons. The molecule has 36 heavy (non-hydrogen) atoms. The SMILES string of the molecule is CC(OS(C)(=O)=O)[C@]1(C(=O)N2CCc3ncc(C(F)(F)F)cc3C2)CC[C@@H](NC(=O)OC(C)(C)C)C1. The van der Waals surface area contributed by atoms with Gasteiger partial charge in [-0.25, -0.2) is 4.79 Å². The Hall–Kier alpha value is -2.41. The molecule has 2 heterocycles. The van der Waals surface area contributed by atoms with Crippen LogP contribution in [0.15, 0.2) is 12.3 Å². The Bertz CT molecular complexity index is 1120. The van der Waals surface area contributed by atoms with Crippen LogP contribution in [0.4, 0.5) is 18.0 Å². The fraction of sp³-hybridized carbons (Fsp3) is 0.696. The molecule has 0 saturated heterocycles. The number of hydrogen-bond donors (Lipinski definition) is 1. The molecule has 2 aliphatic rings. The largest absolute Gasteiger partial charge is 0.444 e. The fourth-order valence-corrected chi connectivity index (χ4v) is 5.54. The highest BCUT2D eigenvalue weighted by Gasteiger charge is 2.53. The third kappa shape index (κ3) is 6.67. The Labute approximate surface area is 208 Å². The van der Waals surface area contributed by atoms with Crippen LogP contribution in [-0.4, -0.2) is 60.8 Å². The molecule has 1 aromatic rings.